The van der Waals surface area contributed by atoms with E-state index in [1.165, 1.54) is 23.1 Å². The third-order valence-electron chi connectivity index (χ3n) is 3.56. The van der Waals surface area contributed by atoms with Crippen molar-refractivity contribution in [1.82, 2.24) is 5.32 Å². The van der Waals surface area contributed by atoms with Crippen LogP contribution in [0.2, 0.25) is 0 Å². The van der Waals surface area contributed by atoms with Gasteiger partial charge < -0.3 is 5.32 Å². The van der Waals surface area contributed by atoms with E-state index in [0.717, 1.165) is 11.3 Å². The van der Waals surface area contributed by atoms with Crippen molar-refractivity contribution in [2.45, 2.75) is 42.8 Å². The molecule has 1 aromatic rings. The van der Waals surface area contributed by atoms with E-state index in [-0.39, 0.29) is 12.3 Å². The molecule has 0 aromatic carbocycles. The average Bonchev–Trinajstić information content (AvgIpc) is 2.86. The van der Waals surface area contributed by atoms with Gasteiger partial charge >= 0.3 is 6.18 Å². The Kier molecular flexibility index (Phi) is 5.01. The van der Waals surface area contributed by atoms with Crippen molar-refractivity contribution in [2.24, 2.45) is 5.92 Å². The quantitative estimate of drug-likeness (QED) is 0.839. The monoisotopic (exact) mass is 323 g/mol. The number of hydrogen-bond donors (Lipinski definition) is 1. The summed E-state index contributed by atoms with van der Waals surface area (Å²) < 4.78 is 38.9. The maximum absolute atomic E-state index is 13.0. The number of alkyl halides is 3. The van der Waals surface area contributed by atoms with Crippen molar-refractivity contribution in [3.05, 3.63) is 16.3 Å². The third kappa shape index (κ3) is 3.49. The molecule has 1 aromatic heterocycles. The molecule has 1 aliphatic carbocycles. The van der Waals surface area contributed by atoms with Gasteiger partial charge in [0.25, 0.3) is 5.91 Å². The second-order valence-electron chi connectivity index (χ2n) is 4.83. The zero-order valence-electron chi connectivity index (χ0n) is 11.0. The molecule has 1 fully saturated rings. The Morgan fingerprint density at radius 2 is 2.10 bits per heavy atom. The van der Waals surface area contributed by atoms with Crippen LogP contribution in [0.5, 0.6) is 0 Å². The molecule has 7 heteroatoms. The molecule has 0 saturated heterocycles. The van der Waals surface area contributed by atoms with E-state index in [1.807, 2.05) is 12.3 Å². The Labute approximate surface area is 124 Å². The smallest absolute Gasteiger partial charge is 0.348 e. The molecule has 2 atom stereocenters. The molecule has 2 nitrogen and oxygen atoms in total. The lowest BCUT2D eigenvalue weighted by Crippen LogP contribution is -2.47. The third-order valence-corrected chi connectivity index (χ3v) is 5.38. The fourth-order valence-corrected chi connectivity index (χ4v) is 4.21. The minimum atomic E-state index is -4.24. The number of carbonyl (C=O) groups excluding carboxylic acids is 1. The number of rotatable bonds is 3. The molecule has 112 valence electrons. The molecule has 2 rings (SSSR count). The van der Waals surface area contributed by atoms with E-state index in [9.17, 15) is 18.0 Å². The number of hydrogen-bond acceptors (Lipinski definition) is 3. The largest absolute Gasteiger partial charge is 0.393 e. The Morgan fingerprint density at radius 3 is 2.75 bits per heavy atom. The number of thiophene rings is 1. The first-order valence-corrected chi connectivity index (χ1v) is 8.53. The van der Waals surface area contributed by atoms with Crippen LogP contribution in [0.4, 0.5) is 13.2 Å². The SMILES string of the molecule is CSc1ccsc1C(=O)N[C@H]1CCCC[C@@H]1C(F)(F)F. The highest BCUT2D eigenvalue weighted by molar-refractivity contribution is 7.98. The predicted octanol–water partition coefficient (Wildman–Crippen LogP) is 4.32. The Bertz CT molecular complexity index is 472. The molecule has 0 aliphatic heterocycles. The zero-order chi connectivity index (χ0) is 14.8. The fraction of sp³-hybridized carbons (Fsp3) is 0.615. The van der Waals surface area contributed by atoms with Gasteiger partial charge in [-0.25, -0.2) is 0 Å². The first-order valence-electron chi connectivity index (χ1n) is 6.42. The van der Waals surface area contributed by atoms with Crippen LogP contribution >= 0.6 is 23.1 Å². The van der Waals surface area contributed by atoms with Gasteiger partial charge in [0.2, 0.25) is 0 Å². The van der Waals surface area contributed by atoms with Gasteiger partial charge in [0.1, 0.15) is 4.88 Å². The van der Waals surface area contributed by atoms with Gasteiger partial charge in [0.15, 0.2) is 0 Å². The Hall–Kier alpha value is -0.690. The summed E-state index contributed by atoms with van der Waals surface area (Å²) in [5, 5.41) is 4.37. The highest BCUT2D eigenvalue weighted by Gasteiger charge is 2.46. The summed E-state index contributed by atoms with van der Waals surface area (Å²) in [6.45, 7) is 0. The van der Waals surface area contributed by atoms with Gasteiger partial charge in [-0.1, -0.05) is 12.8 Å². The molecule has 0 unspecified atom stereocenters. The van der Waals surface area contributed by atoms with Crippen molar-refractivity contribution in [1.29, 1.82) is 0 Å². The summed E-state index contributed by atoms with van der Waals surface area (Å²) in [4.78, 5) is 13.5. The van der Waals surface area contributed by atoms with Crippen LogP contribution in [-0.4, -0.2) is 24.4 Å². The van der Waals surface area contributed by atoms with E-state index in [0.29, 0.717) is 17.7 Å². The lowest BCUT2D eigenvalue weighted by molar-refractivity contribution is -0.187. The maximum Gasteiger partial charge on any atom is 0.393 e. The van der Waals surface area contributed by atoms with Gasteiger partial charge in [-0.15, -0.1) is 23.1 Å². The van der Waals surface area contributed by atoms with Crippen LogP contribution in [-0.2, 0) is 0 Å². The van der Waals surface area contributed by atoms with E-state index in [4.69, 9.17) is 0 Å². The molecule has 1 heterocycles. The first kappa shape index (κ1) is 15.7. The molecule has 1 saturated carbocycles. The van der Waals surface area contributed by atoms with Crippen molar-refractivity contribution < 1.29 is 18.0 Å². The molecule has 0 radical (unpaired) electrons. The molecule has 0 spiro atoms. The average molecular weight is 323 g/mol. The molecular weight excluding hydrogens is 307 g/mol. The van der Waals surface area contributed by atoms with Crippen LogP contribution in [0.1, 0.15) is 35.4 Å². The van der Waals surface area contributed by atoms with Gasteiger partial charge in [0, 0.05) is 10.9 Å². The van der Waals surface area contributed by atoms with Crippen molar-refractivity contribution in [3.8, 4) is 0 Å². The van der Waals surface area contributed by atoms with Crippen LogP contribution in [0.15, 0.2) is 16.3 Å². The number of halogens is 3. The molecular formula is C13H16F3NOS2. The van der Waals surface area contributed by atoms with E-state index in [1.54, 1.807) is 5.38 Å². The summed E-state index contributed by atoms with van der Waals surface area (Å²) >= 11 is 2.69. The van der Waals surface area contributed by atoms with Gasteiger partial charge in [-0.2, -0.15) is 13.2 Å². The molecule has 0 bridgehead atoms. The van der Waals surface area contributed by atoms with Gasteiger partial charge in [-0.05, 0) is 30.5 Å². The van der Waals surface area contributed by atoms with Crippen LogP contribution in [0, 0.1) is 5.92 Å². The van der Waals surface area contributed by atoms with E-state index < -0.39 is 18.1 Å². The fourth-order valence-electron chi connectivity index (χ4n) is 2.55. The zero-order valence-corrected chi connectivity index (χ0v) is 12.6. The van der Waals surface area contributed by atoms with Gasteiger partial charge in [0.05, 0.1) is 5.92 Å². The van der Waals surface area contributed by atoms with E-state index >= 15 is 0 Å². The minimum Gasteiger partial charge on any atom is -0.348 e. The Balaban J connectivity index is 2.09. The molecule has 1 N–H and O–H groups in total. The number of amides is 1. The van der Waals surface area contributed by atoms with Crippen LogP contribution in [0.25, 0.3) is 0 Å². The van der Waals surface area contributed by atoms with Crippen molar-refractivity contribution >= 4 is 29.0 Å². The number of nitrogens with one attached hydrogen (secondary N) is 1. The molecule has 20 heavy (non-hydrogen) atoms. The van der Waals surface area contributed by atoms with Crippen molar-refractivity contribution in [2.75, 3.05) is 6.26 Å². The van der Waals surface area contributed by atoms with Gasteiger partial charge in [-0.3, -0.25) is 4.79 Å². The second kappa shape index (κ2) is 6.39. The predicted molar refractivity (Wildman–Crippen MR) is 75.4 cm³/mol. The first-order chi connectivity index (χ1) is 9.43. The number of carbonyl (C=O) groups is 1. The molecule has 1 aliphatic rings. The normalized spacial score (nSPS) is 23.6. The highest BCUT2D eigenvalue weighted by atomic mass is 32.2. The standard InChI is InChI=1S/C13H16F3NOS2/c1-19-10-6-7-20-11(10)12(18)17-9-5-3-2-4-8(9)13(14,15)16/h6-9H,2-5H2,1H3,(H,17,18)/t8-,9-/m0/s1. The highest BCUT2D eigenvalue weighted by Crippen LogP contribution is 2.38. The summed E-state index contributed by atoms with van der Waals surface area (Å²) in [7, 11) is 0. The summed E-state index contributed by atoms with van der Waals surface area (Å²) in [5.74, 6) is -1.80. The Morgan fingerprint density at radius 1 is 1.40 bits per heavy atom. The molecule has 1 amide bonds. The minimum absolute atomic E-state index is 0.105. The number of thioether (sulfide) groups is 1. The summed E-state index contributed by atoms with van der Waals surface area (Å²) in [5.41, 5.74) is 0. The summed E-state index contributed by atoms with van der Waals surface area (Å²) in [6.07, 6.45) is -0.582. The van der Waals surface area contributed by atoms with E-state index in [2.05, 4.69) is 5.32 Å². The van der Waals surface area contributed by atoms with Crippen LogP contribution < -0.4 is 5.32 Å². The lowest BCUT2D eigenvalue weighted by atomic mass is 9.84. The lowest BCUT2D eigenvalue weighted by Gasteiger charge is -2.33. The topological polar surface area (TPSA) is 29.1 Å². The second-order valence-corrected chi connectivity index (χ2v) is 6.59. The summed E-state index contributed by atoms with van der Waals surface area (Å²) in [6, 6.07) is 1.01. The van der Waals surface area contributed by atoms with Crippen LogP contribution in [0.3, 0.4) is 0 Å². The maximum atomic E-state index is 13.0. The van der Waals surface area contributed by atoms with Crippen molar-refractivity contribution in [3.63, 3.8) is 0 Å².